The molecule has 0 saturated heterocycles. The third kappa shape index (κ3) is 7.22. The molecule has 0 spiro atoms. The van der Waals surface area contributed by atoms with Crippen molar-refractivity contribution in [1.82, 2.24) is 0 Å². The van der Waals surface area contributed by atoms with Gasteiger partial charge < -0.3 is 24.8 Å². The summed E-state index contributed by atoms with van der Waals surface area (Å²) in [6.45, 7) is 14.1. The summed E-state index contributed by atoms with van der Waals surface area (Å²) in [5, 5.41) is 0. The molecule has 0 atom stereocenters. The minimum Gasteiger partial charge on any atom is -1.00 e. The van der Waals surface area contributed by atoms with E-state index < -0.39 is 21.3 Å². The fourth-order valence-corrected chi connectivity index (χ4v) is 15.9. The molecule has 2 aliphatic carbocycles. The number of fused-ring (bicyclic) bond motifs is 3. The molecule has 0 saturated carbocycles. The van der Waals surface area contributed by atoms with E-state index in [1.807, 2.05) is 0 Å². The molecule has 0 radical (unpaired) electrons. The summed E-state index contributed by atoms with van der Waals surface area (Å²) in [6, 6.07) is 37.3. The molecule has 0 amide bonds. The monoisotopic (exact) mass is 696 g/mol. The molecule has 0 nitrogen and oxygen atoms in total. The van der Waals surface area contributed by atoms with Crippen LogP contribution in [0.4, 0.5) is 0 Å². The Labute approximate surface area is 285 Å². The first-order valence-corrected chi connectivity index (χ1v) is 19.4. The molecule has 4 aromatic rings. The standard InChI is InChI=1S/C21H25.C15H14.C5H5.2ClH.Zr/c1-20(2,3)16-7-9-18-14(12-16)11-15-13-17(21(4,5)6)8-10-19(15)18;1-3-8-14(9-4-1)12-7-13-15-10-5-2-6-11-15;1-2-4-5-3-1;;;/h7-13H,1-6H3;1-6,8-11H,12-13H2;1-3H,4H2;2*1H;/q;;;;;+2/p-2. The van der Waals surface area contributed by atoms with Crippen LogP contribution in [0, 0.1) is 0 Å². The van der Waals surface area contributed by atoms with Gasteiger partial charge in [-0.25, -0.2) is 0 Å². The van der Waals surface area contributed by atoms with Crippen LogP contribution in [0.3, 0.4) is 0 Å². The topological polar surface area (TPSA) is 0 Å². The zero-order valence-corrected chi connectivity index (χ0v) is 30.9. The SMILES string of the molecule is CC(C)(C)c1ccc2c(c1)[CH]([Zr+2]([C]1=CC=CC1)=[C](Cc1ccccc1)Cc1ccccc1)c1cc(C(C)(C)C)ccc1-2.[Cl-].[Cl-]. The van der Waals surface area contributed by atoms with Crippen molar-refractivity contribution in [3.8, 4) is 11.1 Å². The Kier molecular flexibility index (Phi) is 11.0. The number of benzene rings is 4. The predicted octanol–water partition coefficient (Wildman–Crippen LogP) is 4.48. The van der Waals surface area contributed by atoms with Gasteiger partial charge in [-0.05, 0) is 0 Å². The summed E-state index contributed by atoms with van der Waals surface area (Å²) in [5.74, 6) is 0. The molecular weight excluding hydrogens is 655 g/mol. The fourth-order valence-electron chi connectivity index (χ4n) is 6.71. The third-order valence-corrected chi connectivity index (χ3v) is 17.4. The van der Waals surface area contributed by atoms with Gasteiger partial charge in [-0.3, -0.25) is 0 Å². The summed E-state index contributed by atoms with van der Waals surface area (Å²) < 4.78 is 4.02. The van der Waals surface area contributed by atoms with E-state index in [-0.39, 0.29) is 35.6 Å². The van der Waals surface area contributed by atoms with Crippen LogP contribution >= 0.6 is 0 Å². The zero-order valence-electron chi connectivity index (χ0n) is 26.9. The Bertz CT molecular complexity index is 1590. The van der Waals surface area contributed by atoms with Crippen LogP contribution in [0.25, 0.3) is 11.1 Å². The molecule has 3 heteroatoms. The van der Waals surface area contributed by atoms with E-state index in [9.17, 15) is 0 Å². The Morgan fingerprint density at radius 2 is 1.09 bits per heavy atom. The normalized spacial score (nSPS) is 13.6. The molecule has 0 heterocycles. The molecule has 0 fully saturated rings. The van der Waals surface area contributed by atoms with E-state index in [1.54, 1.807) is 17.6 Å². The maximum atomic E-state index is 2.60. The summed E-state index contributed by atoms with van der Waals surface area (Å²) in [6.07, 6.45) is 10.5. The number of rotatable bonds is 6. The Morgan fingerprint density at radius 3 is 1.48 bits per heavy atom. The molecule has 0 bridgehead atoms. The van der Waals surface area contributed by atoms with E-state index in [0.717, 1.165) is 19.3 Å². The minimum absolute atomic E-state index is 0. The van der Waals surface area contributed by atoms with E-state index >= 15 is 0 Å². The number of hydrogen-bond acceptors (Lipinski definition) is 0. The van der Waals surface area contributed by atoms with Crippen molar-refractivity contribution in [2.24, 2.45) is 0 Å². The summed E-state index contributed by atoms with van der Waals surface area (Å²) in [7, 11) is 0. The first-order chi connectivity index (χ1) is 20.1. The molecule has 0 N–H and O–H groups in total. The van der Waals surface area contributed by atoms with Crippen LogP contribution < -0.4 is 24.8 Å². The molecule has 0 aliphatic heterocycles. The molecule has 44 heavy (non-hydrogen) atoms. The van der Waals surface area contributed by atoms with Crippen LogP contribution in [0.15, 0.2) is 119 Å². The van der Waals surface area contributed by atoms with Crippen LogP contribution in [0.2, 0.25) is 0 Å². The first kappa shape index (κ1) is 34.6. The number of allylic oxidation sites excluding steroid dienone is 4. The van der Waals surface area contributed by atoms with Gasteiger partial charge in [-0.2, -0.15) is 0 Å². The van der Waals surface area contributed by atoms with Crippen LogP contribution in [-0.2, 0) is 44.9 Å². The number of hydrogen-bond donors (Lipinski definition) is 0. The summed E-state index contributed by atoms with van der Waals surface area (Å²) in [5.41, 5.74) is 12.1. The van der Waals surface area contributed by atoms with Gasteiger partial charge in [-0.15, -0.1) is 0 Å². The second kappa shape index (κ2) is 14.0. The van der Waals surface area contributed by atoms with Gasteiger partial charge in [0.15, 0.2) is 0 Å². The van der Waals surface area contributed by atoms with E-state index in [0.29, 0.717) is 3.63 Å². The molecular formula is C41H44Cl2Zr. The smallest absolute Gasteiger partial charge is 1.00 e. The van der Waals surface area contributed by atoms with E-state index in [4.69, 9.17) is 0 Å². The van der Waals surface area contributed by atoms with Gasteiger partial charge in [-0.1, -0.05) is 0 Å². The van der Waals surface area contributed by atoms with Gasteiger partial charge in [0, 0.05) is 0 Å². The Hall–Kier alpha value is -2.31. The average molecular weight is 699 g/mol. The largest absolute Gasteiger partial charge is 1.00 e. The summed E-state index contributed by atoms with van der Waals surface area (Å²) >= 11 is -2.54. The first-order valence-electron chi connectivity index (χ1n) is 15.5. The van der Waals surface area contributed by atoms with Gasteiger partial charge in [0.05, 0.1) is 0 Å². The zero-order chi connectivity index (χ0) is 29.5. The summed E-state index contributed by atoms with van der Waals surface area (Å²) in [4.78, 5) is 0. The Morgan fingerprint density at radius 1 is 0.636 bits per heavy atom. The van der Waals surface area contributed by atoms with Crippen molar-refractivity contribution in [1.29, 1.82) is 0 Å². The van der Waals surface area contributed by atoms with Gasteiger partial charge in [0.2, 0.25) is 0 Å². The van der Waals surface area contributed by atoms with Gasteiger partial charge in [0.1, 0.15) is 0 Å². The van der Waals surface area contributed by atoms with Crippen molar-refractivity contribution >= 4 is 3.21 Å². The van der Waals surface area contributed by atoms with Crippen molar-refractivity contribution in [2.45, 2.75) is 75.3 Å². The molecule has 0 aromatic heterocycles. The van der Waals surface area contributed by atoms with E-state index in [1.165, 1.54) is 33.4 Å². The predicted molar refractivity (Wildman–Crippen MR) is 178 cm³/mol. The van der Waals surface area contributed by atoms with Crippen LogP contribution in [0.5, 0.6) is 0 Å². The minimum atomic E-state index is -2.54. The van der Waals surface area contributed by atoms with E-state index in [2.05, 4.69) is 157 Å². The quantitative estimate of drug-likeness (QED) is 0.279. The molecule has 2 aliphatic rings. The number of halogens is 2. The van der Waals surface area contributed by atoms with Crippen LogP contribution in [0.1, 0.15) is 85.0 Å². The molecule has 0 unspecified atom stereocenters. The fraction of sp³-hybridized carbons (Fsp3) is 0.293. The van der Waals surface area contributed by atoms with Crippen molar-refractivity contribution in [2.75, 3.05) is 0 Å². The molecule has 6 rings (SSSR count). The maximum absolute atomic E-state index is 2.60. The van der Waals surface area contributed by atoms with Crippen molar-refractivity contribution < 1.29 is 46.1 Å². The van der Waals surface area contributed by atoms with Gasteiger partial charge in [0.25, 0.3) is 0 Å². The average Bonchev–Trinajstić information content (AvgIpc) is 3.60. The molecule has 4 aromatic carbocycles. The van der Waals surface area contributed by atoms with Crippen molar-refractivity contribution in [3.63, 3.8) is 0 Å². The third-order valence-electron chi connectivity index (χ3n) is 9.05. The van der Waals surface area contributed by atoms with Crippen molar-refractivity contribution in [3.05, 3.63) is 152 Å². The van der Waals surface area contributed by atoms with Gasteiger partial charge >= 0.3 is 263 Å². The van der Waals surface area contributed by atoms with Crippen LogP contribution in [-0.4, -0.2) is 3.21 Å². The second-order valence-corrected chi connectivity index (χ2v) is 21.0. The Balaban J connectivity index is 0.00000221. The maximum Gasteiger partial charge on any atom is -1.00 e. The second-order valence-electron chi connectivity index (χ2n) is 14.2. The molecule has 226 valence electrons.